The van der Waals surface area contributed by atoms with Crippen molar-refractivity contribution in [3.63, 3.8) is 0 Å². The van der Waals surface area contributed by atoms with Crippen molar-refractivity contribution in [2.45, 2.75) is 26.6 Å². The van der Waals surface area contributed by atoms with Crippen LogP contribution in [0.4, 0.5) is 13.2 Å². The topological polar surface area (TPSA) is 55.1 Å². The van der Waals surface area contributed by atoms with Gasteiger partial charge in [0, 0.05) is 16.0 Å². The molecular formula is C18H13Cl2F3N2O2. The van der Waals surface area contributed by atoms with Gasteiger partial charge >= 0.3 is 12.1 Å². The fourth-order valence-electron chi connectivity index (χ4n) is 3.02. The number of carbonyl (C=O) groups is 1. The first-order chi connectivity index (χ1) is 12.5. The van der Waals surface area contributed by atoms with Gasteiger partial charge in [-0.05, 0) is 43.7 Å². The molecule has 0 fully saturated rings. The number of halogens is 5. The minimum absolute atomic E-state index is 0.0231. The SMILES string of the molecule is Cc1nn(Cc2c(Cl)ccc(C(=O)O)c2Cl)c2c(C)cc(C(F)(F)F)cc12. The number of carboxylic acids is 1. The third-order valence-electron chi connectivity index (χ3n) is 4.27. The molecule has 0 spiro atoms. The van der Waals surface area contributed by atoms with E-state index in [1.54, 1.807) is 13.8 Å². The van der Waals surface area contributed by atoms with Gasteiger partial charge in [0.25, 0.3) is 0 Å². The van der Waals surface area contributed by atoms with Gasteiger partial charge in [-0.3, -0.25) is 4.68 Å². The van der Waals surface area contributed by atoms with Crippen LogP contribution in [-0.4, -0.2) is 20.9 Å². The highest BCUT2D eigenvalue weighted by Crippen LogP contribution is 2.35. The van der Waals surface area contributed by atoms with Crippen molar-refractivity contribution in [3.05, 3.63) is 62.3 Å². The van der Waals surface area contributed by atoms with Crippen LogP contribution >= 0.6 is 23.2 Å². The Morgan fingerprint density at radius 1 is 1.22 bits per heavy atom. The molecule has 1 aromatic heterocycles. The molecule has 0 amide bonds. The first kappa shape index (κ1) is 19.5. The lowest BCUT2D eigenvalue weighted by Crippen LogP contribution is -2.08. The maximum absolute atomic E-state index is 13.1. The molecule has 142 valence electrons. The van der Waals surface area contributed by atoms with Gasteiger partial charge in [-0.2, -0.15) is 18.3 Å². The summed E-state index contributed by atoms with van der Waals surface area (Å²) in [6.45, 7) is 3.19. The quantitative estimate of drug-likeness (QED) is 0.593. The summed E-state index contributed by atoms with van der Waals surface area (Å²) < 4.78 is 40.8. The van der Waals surface area contributed by atoms with Crippen molar-refractivity contribution in [1.82, 2.24) is 9.78 Å². The molecular weight excluding hydrogens is 404 g/mol. The van der Waals surface area contributed by atoms with Crippen LogP contribution < -0.4 is 0 Å². The maximum atomic E-state index is 13.1. The molecule has 3 aromatic rings. The fourth-order valence-corrected chi connectivity index (χ4v) is 3.59. The highest BCUT2D eigenvalue weighted by molar-refractivity contribution is 6.37. The largest absolute Gasteiger partial charge is 0.478 e. The summed E-state index contributed by atoms with van der Waals surface area (Å²) in [5.41, 5.74) is 0.789. The van der Waals surface area contributed by atoms with E-state index in [0.717, 1.165) is 12.1 Å². The molecule has 0 aliphatic carbocycles. The van der Waals surface area contributed by atoms with Crippen LogP contribution in [0.5, 0.6) is 0 Å². The fraction of sp³-hybridized carbons (Fsp3) is 0.222. The summed E-state index contributed by atoms with van der Waals surface area (Å²) >= 11 is 12.4. The third kappa shape index (κ3) is 3.49. The molecule has 0 aliphatic heterocycles. The molecule has 0 saturated carbocycles. The lowest BCUT2D eigenvalue weighted by Gasteiger charge is -2.13. The van der Waals surface area contributed by atoms with E-state index < -0.39 is 17.7 Å². The number of aromatic nitrogens is 2. The zero-order valence-electron chi connectivity index (χ0n) is 14.2. The number of hydrogen-bond acceptors (Lipinski definition) is 2. The Morgan fingerprint density at radius 2 is 1.89 bits per heavy atom. The Labute approximate surface area is 162 Å². The van der Waals surface area contributed by atoms with Crippen molar-refractivity contribution in [2.75, 3.05) is 0 Å². The van der Waals surface area contributed by atoms with Crippen molar-refractivity contribution < 1.29 is 23.1 Å². The van der Waals surface area contributed by atoms with Crippen LogP contribution in [0.2, 0.25) is 10.0 Å². The van der Waals surface area contributed by atoms with E-state index in [1.165, 1.54) is 16.8 Å². The molecule has 3 rings (SSSR count). The third-order valence-corrected chi connectivity index (χ3v) is 5.06. The van der Waals surface area contributed by atoms with E-state index in [4.69, 9.17) is 23.2 Å². The summed E-state index contributed by atoms with van der Waals surface area (Å²) in [6.07, 6.45) is -4.46. The minimum Gasteiger partial charge on any atom is -0.478 e. The van der Waals surface area contributed by atoms with Gasteiger partial charge in [0.15, 0.2) is 0 Å². The van der Waals surface area contributed by atoms with Crippen molar-refractivity contribution >= 4 is 40.1 Å². The molecule has 9 heteroatoms. The van der Waals surface area contributed by atoms with E-state index >= 15 is 0 Å². The Bertz CT molecular complexity index is 1070. The summed E-state index contributed by atoms with van der Waals surface area (Å²) in [7, 11) is 0. The van der Waals surface area contributed by atoms with E-state index in [9.17, 15) is 23.1 Å². The second-order valence-corrected chi connectivity index (χ2v) is 6.91. The number of alkyl halides is 3. The highest BCUT2D eigenvalue weighted by Gasteiger charge is 2.32. The Hall–Kier alpha value is -2.25. The van der Waals surface area contributed by atoms with Gasteiger partial charge in [-0.25, -0.2) is 4.79 Å². The summed E-state index contributed by atoms with van der Waals surface area (Å²) in [5, 5.41) is 14.1. The van der Waals surface area contributed by atoms with E-state index in [-0.39, 0.29) is 22.2 Å². The molecule has 0 radical (unpaired) electrons. The smallest absolute Gasteiger partial charge is 0.416 e. The second-order valence-electron chi connectivity index (χ2n) is 6.12. The zero-order valence-corrected chi connectivity index (χ0v) is 15.7. The van der Waals surface area contributed by atoms with E-state index in [1.807, 2.05) is 0 Å². The maximum Gasteiger partial charge on any atom is 0.416 e. The van der Waals surface area contributed by atoms with Crippen LogP contribution in [0.1, 0.15) is 32.7 Å². The lowest BCUT2D eigenvalue weighted by molar-refractivity contribution is -0.137. The minimum atomic E-state index is -4.46. The average Bonchev–Trinajstić information content (AvgIpc) is 2.87. The zero-order chi connectivity index (χ0) is 20.1. The number of hydrogen-bond donors (Lipinski definition) is 1. The molecule has 0 saturated heterocycles. The number of carboxylic acid groups (broad SMARTS) is 1. The molecule has 1 heterocycles. The molecule has 2 aromatic carbocycles. The Kier molecular flexibility index (Phi) is 4.86. The van der Waals surface area contributed by atoms with Crippen LogP contribution in [0.3, 0.4) is 0 Å². The van der Waals surface area contributed by atoms with Crippen molar-refractivity contribution in [2.24, 2.45) is 0 Å². The number of fused-ring (bicyclic) bond motifs is 1. The van der Waals surface area contributed by atoms with Gasteiger partial charge in [0.1, 0.15) is 0 Å². The molecule has 4 nitrogen and oxygen atoms in total. The van der Waals surface area contributed by atoms with Crippen molar-refractivity contribution in [1.29, 1.82) is 0 Å². The molecule has 0 atom stereocenters. The van der Waals surface area contributed by atoms with Crippen molar-refractivity contribution in [3.8, 4) is 0 Å². The Balaban J connectivity index is 2.18. The van der Waals surface area contributed by atoms with Gasteiger partial charge in [-0.15, -0.1) is 0 Å². The monoisotopic (exact) mass is 416 g/mol. The number of aromatic carboxylic acids is 1. The lowest BCUT2D eigenvalue weighted by atomic mass is 10.1. The van der Waals surface area contributed by atoms with Gasteiger partial charge in [0.2, 0.25) is 0 Å². The van der Waals surface area contributed by atoms with Crippen LogP contribution in [0, 0.1) is 13.8 Å². The predicted octanol–water partition coefficient (Wildman–Crippen LogP) is 5.73. The molecule has 1 N–H and O–H groups in total. The highest BCUT2D eigenvalue weighted by atomic mass is 35.5. The first-order valence-corrected chi connectivity index (χ1v) is 8.51. The number of nitrogens with zero attached hydrogens (tertiary/aromatic N) is 2. The number of benzene rings is 2. The summed E-state index contributed by atoms with van der Waals surface area (Å²) in [6, 6.07) is 4.82. The predicted molar refractivity (Wildman–Crippen MR) is 96.7 cm³/mol. The number of aryl methyl sites for hydroxylation is 2. The summed E-state index contributed by atoms with van der Waals surface area (Å²) in [4.78, 5) is 11.3. The first-order valence-electron chi connectivity index (χ1n) is 7.76. The summed E-state index contributed by atoms with van der Waals surface area (Å²) in [5.74, 6) is -1.20. The van der Waals surface area contributed by atoms with E-state index in [2.05, 4.69) is 5.10 Å². The van der Waals surface area contributed by atoms with Crippen LogP contribution in [-0.2, 0) is 12.7 Å². The molecule has 0 unspecified atom stereocenters. The van der Waals surface area contributed by atoms with Gasteiger partial charge in [-0.1, -0.05) is 23.2 Å². The van der Waals surface area contributed by atoms with Crippen LogP contribution in [0.15, 0.2) is 24.3 Å². The Morgan fingerprint density at radius 3 is 2.48 bits per heavy atom. The second kappa shape index (κ2) is 6.73. The van der Waals surface area contributed by atoms with E-state index in [0.29, 0.717) is 27.7 Å². The number of rotatable bonds is 3. The average molecular weight is 417 g/mol. The van der Waals surface area contributed by atoms with Gasteiger partial charge in [0.05, 0.1) is 33.9 Å². The van der Waals surface area contributed by atoms with Crippen LogP contribution in [0.25, 0.3) is 10.9 Å². The normalized spacial score (nSPS) is 12.0. The van der Waals surface area contributed by atoms with Gasteiger partial charge < -0.3 is 5.11 Å². The standard InChI is InChI=1S/C18H13Cl2F3N2O2/c1-8-5-10(18(21,22)23)6-12-9(2)24-25(16(8)12)7-13-14(19)4-3-11(15(13)20)17(26)27/h3-6H,7H2,1-2H3,(H,26,27). The molecule has 27 heavy (non-hydrogen) atoms. The molecule has 0 bridgehead atoms. The molecule has 0 aliphatic rings.